The molecular weight excluding hydrogens is 396 g/mol. The molecule has 3 aromatic carbocycles. The summed E-state index contributed by atoms with van der Waals surface area (Å²) in [4.78, 5) is 25.3. The van der Waals surface area contributed by atoms with Crippen LogP contribution in [0.5, 0.6) is 0 Å². The van der Waals surface area contributed by atoms with Gasteiger partial charge in [0, 0.05) is 22.4 Å². The summed E-state index contributed by atoms with van der Waals surface area (Å²) in [7, 11) is 0. The molecule has 1 heterocycles. The van der Waals surface area contributed by atoms with Crippen LogP contribution in [-0.4, -0.2) is 15.2 Å². The van der Waals surface area contributed by atoms with Gasteiger partial charge >= 0.3 is 0 Å². The van der Waals surface area contributed by atoms with E-state index in [1.165, 1.54) is 12.1 Å². The Morgan fingerprint density at radius 1 is 0.933 bits per heavy atom. The van der Waals surface area contributed by atoms with E-state index in [1.807, 2.05) is 54.6 Å². The van der Waals surface area contributed by atoms with Crippen molar-refractivity contribution in [1.29, 1.82) is 0 Å². The number of thioether (sulfide) groups is 1. The molecule has 0 aliphatic carbocycles. The molecule has 0 spiro atoms. The zero-order chi connectivity index (χ0) is 21.1. The molecular formula is C24H20N2O3S. The highest BCUT2D eigenvalue weighted by Gasteiger charge is 2.19. The lowest BCUT2D eigenvalue weighted by molar-refractivity contribution is -0.384. The van der Waals surface area contributed by atoms with Crippen molar-refractivity contribution in [1.82, 2.24) is 4.57 Å². The molecule has 0 atom stereocenters. The van der Waals surface area contributed by atoms with Crippen molar-refractivity contribution in [3.8, 4) is 11.1 Å². The van der Waals surface area contributed by atoms with Gasteiger partial charge in [0.25, 0.3) is 11.2 Å². The molecule has 150 valence electrons. The second kappa shape index (κ2) is 8.55. The fourth-order valence-electron chi connectivity index (χ4n) is 3.60. The van der Waals surface area contributed by atoms with Crippen molar-refractivity contribution in [2.45, 2.75) is 18.4 Å². The lowest BCUT2D eigenvalue weighted by Gasteiger charge is -2.18. The highest BCUT2D eigenvalue weighted by Crippen LogP contribution is 2.35. The summed E-state index contributed by atoms with van der Waals surface area (Å²) in [6, 6.07) is 24.0. The van der Waals surface area contributed by atoms with E-state index in [9.17, 15) is 14.9 Å². The van der Waals surface area contributed by atoms with Crippen molar-refractivity contribution in [3.05, 3.63) is 105 Å². The third kappa shape index (κ3) is 3.74. The maximum Gasteiger partial charge on any atom is 0.269 e. The van der Waals surface area contributed by atoms with Gasteiger partial charge in [0.1, 0.15) is 0 Å². The van der Waals surface area contributed by atoms with E-state index in [0.29, 0.717) is 17.7 Å². The average molecular weight is 417 g/mol. The smallest absolute Gasteiger partial charge is 0.269 e. The highest BCUT2D eigenvalue weighted by atomic mass is 32.2. The Morgan fingerprint density at radius 3 is 2.27 bits per heavy atom. The van der Waals surface area contributed by atoms with Crippen molar-refractivity contribution in [3.63, 3.8) is 0 Å². The number of nitrogens with zero attached hydrogens (tertiary/aromatic N) is 2. The number of rotatable bonds is 6. The van der Waals surface area contributed by atoms with Crippen LogP contribution in [0.4, 0.5) is 5.69 Å². The quantitative estimate of drug-likeness (QED) is 0.228. The number of nitro groups is 1. The van der Waals surface area contributed by atoms with Gasteiger partial charge in [0.05, 0.1) is 22.5 Å². The van der Waals surface area contributed by atoms with Gasteiger partial charge in [-0.1, -0.05) is 55.5 Å². The molecule has 0 saturated carbocycles. The maximum atomic E-state index is 13.7. The molecule has 0 unspecified atom stereocenters. The summed E-state index contributed by atoms with van der Waals surface area (Å²) < 4.78 is 1.79. The minimum Gasteiger partial charge on any atom is -0.303 e. The average Bonchev–Trinajstić information content (AvgIpc) is 2.77. The maximum absolute atomic E-state index is 13.7. The fourth-order valence-corrected chi connectivity index (χ4v) is 4.57. The van der Waals surface area contributed by atoms with E-state index in [1.54, 1.807) is 28.5 Å². The van der Waals surface area contributed by atoms with E-state index in [-0.39, 0.29) is 11.2 Å². The van der Waals surface area contributed by atoms with Gasteiger partial charge in [-0.3, -0.25) is 14.9 Å². The Balaban J connectivity index is 2.00. The first-order valence-electron chi connectivity index (χ1n) is 9.67. The molecule has 30 heavy (non-hydrogen) atoms. The predicted octanol–water partition coefficient (Wildman–Crippen LogP) is 5.74. The van der Waals surface area contributed by atoms with Crippen LogP contribution in [0.1, 0.15) is 12.5 Å². The van der Waals surface area contributed by atoms with Gasteiger partial charge in [0.2, 0.25) is 0 Å². The van der Waals surface area contributed by atoms with E-state index < -0.39 is 4.92 Å². The third-order valence-electron chi connectivity index (χ3n) is 4.96. The van der Waals surface area contributed by atoms with Crippen molar-refractivity contribution in [2.24, 2.45) is 0 Å². The van der Waals surface area contributed by atoms with Gasteiger partial charge in [0.15, 0.2) is 0 Å². The summed E-state index contributed by atoms with van der Waals surface area (Å²) in [6.07, 6.45) is 0. The summed E-state index contributed by atoms with van der Waals surface area (Å²) >= 11 is 1.62. The SMILES string of the molecule is CCSc1c(-c2ccc([N+](=O)[O-])cc2)c(=O)n(Cc2ccccc2)c2ccccc12. The molecule has 0 saturated heterocycles. The van der Waals surface area contributed by atoms with E-state index in [0.717, 1.165) is 27.1 Å². The summed E-state index contributed by atoms with van der Waals surface area (Å²) in [5.74, 6) is 0.812. The largest absolute Gasteiger partial charge is 0.303 e. The standard InChI is InChI=1S/C24H20N2O3S/c1-2-30-23-20-10-6-7-11-21(20)25(16-17-8-4-3-5-9-17)24(27)22(23)18-12-14-19(15-13-18)26(28)29/h3-15H,2,16H2,1H3. The van der Waals surface area contributed by atoms with Crippen molar-refractivity contribution >= 4 is 28.4 Å². The Kier molecular flexibility index (Phi) is 5.68. The summed E-state index contributed by atoms with van der Waals surface area (Å²) in [6.45, 7) is 2.51. The topological polar surface area (TPSA) is 65.1 Å². The molecule has 4 aromatic rings. The monoisotopic (exact) mass is 416 g/mol. The number of nitro benzene ring substituents is 1. The minimum absolute atomic E-state index is 0.00819. The van der Waals surface area contributed by atoms with Crippen LogP contribution in [0.25, 0.3) is 22.0 Å². The Bertz CT molecular complexity index is 1270. The summed E-state index contributed by atoms with van der Waals surface area (Å²) in [5.41, 5.74) is 3.11. The Labute approximate surface area is 178 Å². The second-order valence-corrected chi connectivity index (χ2v) is 8.11. The molecule has 0 N–H and O–H groups in total. The van der Waals surface area contributed by atoms with Crippen LogP contribution in [0.15, 0.2) is 88.6 Å². The van der Waals surface area contributed by atoms with Crippen molar-refractivity contribution in [2.75, 3.05) is 5.75 Å². The molecule has 5 nitrogen and oxygen atoms in total. The number of fused-ring (bicyclic) bond motifs is 1. The molecule has 0 aliphatic heterocycles. The number of pyridine rings is 1. The van der Waals surface area contributed by atoms with Crippen LogP contribution in [0.2, 0.25) is 0 Å². The second-order valence-electron chi connectivity index (χ2n) is 6.84. The van der Waals surface area contributed by atoms with Gasteiger partial charge in [-0.15, -0.1) is 11.8 Å². The molecule has 1 aromatic heterocycles. The van der Waals surface area contributed by atoms with Crippen LogP contribution in [-0.2, 0) is 6.54 Å². The number of para-hydroxylation sites is 1. The van der Waals surface area contributed by atoms with E-state index in [4.69, 9.17) is 0 Å². The van der Waals surface area contributed by atoms with Crippen LogP contribution in [0, 0.1) is 10.1 Å². The van der Waals surface area contributed by atoms with E-state index >= 15 is 0 Å². The number of aromatic nitrogens is 1. The fraction of sp³-hybridized carbons (Fsp3) is 0.125. The molecule has 0 amide bonds. The molecule has 0 bridgehead atoms. The van der Waals surface area contributed by atoms with Gasteiger partial charge in [-0.05, 0) is 35.1 Å². The molecule has 0 fully saturated rings. The Morgan fingerprint density at radius 2 is 1.60 bits per heavy atom. The van der Waals surface area contributed by atoms with Crippen LogP contribution >= 0.6 is 11.8 Å². The van der Waals surface area contributed by atoms with Crippen molar-refractivity contribution < 1.29 is 4.92 Å². The summed E-state index contributed by atoms with van der Waals surface area (Å²) in [5, 5.41) is 12.1. The zero-order valence-electron chi connectivity index (χ0n) is 16.4. The predicted molar refractivity (Wildman–Crippen MR) is 122 cm³/mol. The first kappa shape index (κ1) is 19.9. The Hall–Kier alpha value is -3.38. The lowest BCUT2D eigenvalue weighted by atomic mass is 10.0. The molecule has 6 heteroatoms. The number of benzene rings is 3. The third-order valence-corrected chi connectivity index (χ3v) is 5.97. The normalized spacial score (nSPS) is 11.0. The molecule has 0 radical (unpaired) electrons. The number of hydrogen-bond donors (Lipinski definition) is 0. The van der Waals surface area contributed by atoms with Gasteiger partial charge in [-0.2, -0.15) is 0 Å². The lowest BCUT2D eigenvalue weighted by Crippen LogP contribution is -2.24. The molecule has 4 rings (SSSR count). The van der Waals surface area contributed by atoms with E-state index in [2.05, 4.69) is 6.92 Å². The first-order valence-corrected chi connectivity index (χ1v) is 10.7. The van der Waals surface area contributed by atoms with Gasteiger partial charge < -0.3 is 4.57 Å². The number of non-ortho nitro benzene ring substituents is 1. The minimum atomic E-state index is -0.431. The van der Waals surface area contributed by atoms with Gasteiger partial charge in [-0.25, -0.2) is 0 Å². The number of hydrogen-bond acceptors (Lipinski definition) is 4. The molecule has 0 aliphatic rings. The van der Waals surface area contributed by atoms with Crippen LogP contribution in [0.3, 0.4) is 0 Å². The van der Waals surface area contributed by atoms with Crippen LogP contribution < -0.4 is 5.56 Å². The zero-order valence-corrected chi connectivity index (χ0v) is 17.3. The first-order chi connectivity index (χ1) is 14.6. The highest BCUT2D eigenvalue weighted by molar-refractivity contribution is 7.99.